The van der Waals surface area contributed by atoms with Crippen LogP contribution in [0.2, 0.25) is 0 Å². The van der Waals surface area contributed by atoms with Gasteiger partial charge >= 0.3 is 0 Å². The molecule has 2 heterocycles. The van der Waals surface area contributed by atoms with Crippen LogP contribution in [-0.4, -0.2) is 48.6 Å². The average molecular weight is 305 g/mol. The number of amides is 1. The largest absolute Gasteiger partial charge is 0.388 e. The highest BCUT2D eigenvalue weighted by atomic mass is 16.6. The second-order valence-electron chi connectivity index (χ2n) is 6.54. The van der Waals surface area contributed by atoms with E-state index in [1.807, 2.05) is 24.3 Å². The predicted molar refractivity (Wildman–Crippen MR) is 81.7 cm³/mol. The Hall–Kier alpha value is -1.43. The van der Waals surface area contributed by atoms with Gasteiger partial charge in [-0.15, -0.1) is 0 Å². The van der Waals surface area contributed by atoms with Gasteiger partial charge in [0, 0.05) is 5.56 Å². The number of fused-ring (bicyclic) bond motifs is 1. The lowest BCUT2D eigenvalue weighted by Gasteiger charge is -2.17. The molecule has 22 heavy (non-hydrogen) atoms. The molecular weight excluding hydrogens is 282 g/mol. The summed E-state index contributed by atoms with van der Waals surface area (Å²) in [6.07, 6.45) is -0.159. The maximum absolute atomic E-state index is 12.3. The standard InChI is InChI=1S/C17H23NO4/c1-10(2)7-11-3-5-12(6-4-11)17(20)18-13-8-21-16-14(19)9-22-15(13)16/h3-6,10,13-16,19H,7-9H2,1-2H3,(H,18,20)/t13-,14-,15-,16-/m1/s1. The first-order valence-electron chi connectivity index (χ1n) is 7.85. The number of aliphatic hydroxyl groups excluding tert-OH is 1. The molecule has 1 amide bonds. The highest BCUT2D eigenvalue weighted by Crippen LogP contribution is 2.27. The zero-order valence-electron chi connectivity index (χ0n) is 13.0. The average Bonchev–Trinajstić information content (AvgIpc) is 3.03. The summed E-state index contributed by atoms with van der Waals surface area (Å²) in [5, 5.41) is 12.7. The van der Waals surface area contributed by atoms with Crippen molar-refractivity contribution in [3.05, 3.63) is 35.4 Å². The maximum Gasteiger partial charge on any atom is 0.251 e. The van der Waals surface area contributed by atoms with Gasteiger partial charge < -0.3 is 19.9 Å². The number of hydrogen-bond donors (Lipinski definition) is 2. The van der Waals surface area contributed by atoms with Crippen LogP contribution in [-0.2, 0) is 15.9 Å². The molecule has 2 saturated heterocycles. The number of rotatable bonds is 4. The van der Waals surface area contributed by atoms with Crippen molar-refractivity contribution in [1.82, 2.24) is 5.32 Å². The van der Waals surface area contributed by atoms with Gasteiger partial charge in [-0.2, -0.15) is 0 Å². The molecule has 2 fully saturated rings. The van der Waals surface area contributed by atoms with Crippen molar-refractivity contribution in [3.63, 3.8) is 0 Å². The number of carbonyl (C=O) groups is 1. The minimum atomic E-state index is -0.595. The SMILES string of the molecule is CC(C)Cc1ccc(C(=O)N[C@@H]2CO[C@H]3[C@@H]2OC[C@H]3O)cc1. The van der Waals surface area contributed by atoms with Gasteiger partial charge in [0.2, 0.25) is 0 Å². The molecule has 0 radical (unpaired) electrons. The molecule has 1 aromatic rings. The molecule has 2 aliphatic rings. The number of hydrogen-bond acceptors (Lipinski definition) is 4. The maximum atomic E-state index is 12.3. The minimum Gasteiger partial charge on any atom is -0.388 e. The summed E-state index contributed by atoms with van der Waals surface area (Å²) in [5.41, 5.74) is 1.87. The van der Waals surface area contributed by atoms with Crippen LogP contribution in [0.4, 0.5) is 0 Å². The predicted octanol–water partition coefficient (Wildman–Crippen LogP) is 1.14. The summed E-state index contributed by atoms with van der Waals surface area (Å²) in [7, 11) is 0. The van der Waals surface area contributed by atoms with Crippen molar-refractivity contribution in [1.29, 1.82) is 0 Å². The summed E-state index contributed by atoms with van der Waals surface area (Å²) in [6.45, 7) is 5.00. The fourth-order valence-corrected chi connectivity index (χ4v) is 3.12. The first-order chi connectivity index (χ1) is 10.5. The third-order valence-electron chi connectivity index (χ3n) is 4.20. The van der Waals surface area contributed by atoms with Crippen molar-refractivity contribution in [2.45, 2.75) is 44.6 Å². The zero-order valence-corrected chi connectivity index (χ0v) is 13.0. The second kappa shape index (κ2) is 6.36. The molecule has 2 N–H and O–H groups in total. The van der Waals surface area contributed by atoms with Crippen LogP contribution in [0.15, 0.2) is 24.3 Å². The van der Waals surface area contributed by atoms with Crippen LogP contribution in [0.25, 0.3) is 0 Å². The molecule has 1 aromatic carbocycles. The summed E-state index contributed by atoms with van der Waals surface area (Å²) >= 11 is 0. The third-order valence-corrected chi connectivity index (χ3v) is 4.20. The Bertz CT molecular complexity index is 528. The molecule has 0 aromatic heterocycles. The Balaban J connectivity index is 1.60. The Morgan fingerprint density at radius 1 is 1.23 bits per heavy atom. The van der Waals surface area contributed by atoms with Crippen LogP contribution in [0, 0.1) is 5.92 Å². The number of benzene rings is 1. The van der Waals surface area contributed by atoms with E-state index in [4.69, 9.17) is 9.47 Å². The van der Waals surface area contributed by atoms with Gasteiger partial charge in [0.15, 0.2) is 0 Å². The molecular formula is C17H23NO4. The zero-order chi connectivity index (χ0) is 15.7. The molecule has 3 rings (SSSR count). The van der Waals surface area contributed by atoms with Gasteiger partial charge in [-0.25, -0.2) is 0 Å². The van der Waals surface area contributed by atoms with E-state index in [-0.39, 0.29) is 30.8 Å². The van der Waals surface area contributed by atoms with Crippen LogP contribution >= 0.6 is 0 Å². The van der Waals surface area contributed by atoms with E-state index in [1.54, 1.807) is 0 Å². The van der Waals surface area contributed by atoms with E-state index in [0.29, 0.717) is 18.1 Å². The van der Waals surface area contributed by atoms with E-state index >= 15 is 0 Å². The third kappa shape index (κ3) is 3.16. The van der Waals surface area contributed by atoms with Crippen molar-refractivity contribution < 1.29 is 19.4 Å². The van der Waals surface area contributed by atoms with E-state index < -0.39 is 6.10 Å². The van der Waals surface area contributed by atoms with Crippen LogP contribution in [0.5, 0.6) is 0 Å². The monoisotopic (exact) mass is 305 g/mol. The molecule has 0 saturated carbocycles. The molecule has 0 bridgehead atoms. The summed E-state index contributed by atoms with van der Waals surface area (Å²) in [5.74, 6) is 0.466. The fourth-order valence-electron chi connectivity index (χ4n) is 3.12. The highest BCUT2D eigenvalue weighted by Gasteiger charge is 2.47. The van der Waals surface area contributed by atoms with Crippen molar-refractivity contribution >= 4 is 5.91 Å². The molecule has 0 spiro atoms. The van der Waals surface area contributed by atoms with Crippen molar-refractivity contribution in [3.8, 4) is 0 Å². The number of aliphatic hydroxyl groups is 1. The van der Waals surface area contributed by atoms with Gasteiger partial charge in [-0.05, 0) is 30.0 Å². The summed E-state index contributed by atoms with van der Waals surface area (Å²) < 4.78 is 11.0. The second-order valence-corrected chi connectivity index (χ2v) is 6.54. The van der Waals surface area contributed by atoms with Crippen LogP contribution < -0.4 is 5.32 Å². The molecule has 5 heteroatoms. The van der Waals surface area contributed by atoms with Gasteiger partial charge in [-0.1, -0.05) is 26.0 Å². The highest BCUT2D eigenvalue weighted by molar-refractivity contribution is 5.94. The van der Waals surface area contributed by atoms with Gasteiger partial charge in [-0.3, -0.25) is 4.79 Å². The fraction of sp³-hybridized carbons (Fsp3) is 0.588. The van der Waals surface area contributed by atoms with Gasteiger partial charge in [0.05, 0.1) is 19.3 Å². The van der Waals surface area contributed by atoms with E-state index in [9.17, 15) is 9.90 Å². The molecule has 2 aliphatic heterocycles. The smallest absolute Gasteiger partial charge is 0.251 e. The number of carbonyl (C=O) groups excluding carboxylic acids is 1. The Labute approximate surface area is 130 Å². The minimum absolute atomic E-state index is 0.129. The van der Waals surface area contributed by atoms with Gasteiger partial charge in [0.25, 0.3) is 5.91 Å². The molecule has 5 nitrogen and oxygen atoms in total. The molecule has 120 valence electrons. The molecule has 4 atom stereocenters. The van der Waals surface area contributed by atoms with E-state index in [0.717, 1.165) is 6.42 Å². The topological polar surface area (TPSA) is 67.8 Å². The quantitative estimate of drug-likeness (QED) is 0.875. The van der Waals surface area contributed by atoms with Crippen molar-refractivity contribution in [2.75, 3.05) is 13.2 Å². The van der Waals surface area contributed by atoms with E-state index in [2.05, 4.69) is 19.2 Å². The Morgan fingerprint density at radius 2 is 1.91 bits per heavy atom. The lowest BCUT2D eigenvalue weighted by Crippen LogP contribution is -2.44. The van der Waals surface area contributed by atoms with Crippen molar-refractivity contribution in [2.24, 2.45) is 5.92 Å². The molecule has 0 aliphatic carbocycles. The Kier molecular flexibility index (Phi) is 4.47. The first-order valence-corrected chi connectivity index (χ1v) is 7.85. The summed E-state index contributed by atoms with van der Waals surface area (Å²) in [4.78, 5) is 12.3. The lowest BCUT2D eigenvalue weighted by atomic mass is 10.0. The number of nitrogens with one attached hydrogen (secondary N) is 1. The lowest BCUT2D eigenvalue weighted by molar-refractivity contribution is 0.0178. The van der Waals surface area contributed by atoms with Crippen LogP contribution in [0.3, 0.4) is 0 Å². The Morgan fingerprint density at radius 3 is 2.59 bits per heavy atom. The van der Waals surface area contributed by atoms with Gasteiger partial charge in [0.1, 0.15) is 18.3 Å². The van der Waals surface area contributed by atoms with Crippen LogP contribution in [0.1, 0.15) is 29.8 Å². The molecule has 0 unspecified atom stereocenters. The first kappa shape index (κ1) is 15.5. The van der Waals surface area contributed by atoms with E-state index in [1.165, 1.54) is 5.56 Å². The summed E-state index contributed by atoms with van der Waals surface area (Å²) in [6, 6.07) is 7.50. The normalized spacial score (nSPS) is 30.5. The number of ether oxygens (including phenoxy) is 2.